The molecular weight excluding hydrogens is 317 g/mol. The molecule has 0 unspecified atom stereocenters. The predicted octanol–water partition coefficient (Wildman–Crippen LogP) is 1.13. The fourth-order valence-corrected chi connectivity index (χ4v) is 2.05. The van der Waals surface area contributed by atoms with Crippen molar-refractivity contribution in [3.63, 3.8) is 0 Å². The number of hydrogen-bond donors (Lipinski definition) is 0. The van der Waals surface area contributed by atoms with Crippen molar-refractivity contribution < 1.29 is 18.7 Å². The standard InChI is InChI=1S/C16H16FN3O4/c1-19-14(21)7-6-13(18-19)16(23)20(9-8-15(22)24-2)12-5-3-4-11(17)10-12/h3-7,10H,8-9H2,1-2H3. The number of carbonyl (C=O) groups is 2. The zero-order valence-electron chi connectivity index (χ0n) is 13.2. The molecule has 0 aliphatic carbocycles. The number of anilines is 1. The van der Waals surface area contributed by atoms with Crippen LogP contribution in [0.25, 0.3) is 0 Å². The molecule has 0 atom stereocenters. The second kappa shape index (κ2) is 7.49. The van der Waals surface area contributed by atoms with E-state index in [0.29, 0.717) is 0 Å². The maximum atomic E-state index is 13.5. The van der Waals surface area contributed by atoms with Gasteiger partial charge in [0.1, 0.15) is 11.5 Å². The zero-order chi connectivity index (χ0) is 17.7. The monoisotopic (exact) mass is 333 g/mol. The fraction of sp³-hybridized carbons (Fsp3) is 0.250. The molecule has 2 aromatic rings. The summed E-state index contributed by atoms with van der Waals surface area (Å²) in [6.45, 7) is -0.0144. The number of aromatic nitrogens is 2. The molecule has 2 rings (SSSR count). The third kappa shape index (κ3) is 4.03. The predicted molar refractivity (Wildman–Crippen MR) is 84.2 cm³/mol. The van der Waals surface area contributed by atoms with Crippen LogP contribution in [0.15, 0.2) is 41.2 Å². The summed E-state index contributed by atoms with van der Waals surface area (Å²) in [5.74, 6) is -1.57. The molecule has 0 saturated carbocycles. The topological polar surface area (TPSA) is 81.5 Å². The first-order chi connectivity index (χ1) is 11.4. The number of carbonyl (C=O) groups excluding carboxylic acids is 2. The summed E-state index contributed by atoms with van der Waals surface area (Å²) < 4.78 is 19.1. The van der Waals surface area contributed by atoms with E-state index in [-0.39, 0.29) is 29.9 Å². The quantitative estimate of drug-likeness (QED) is 0.766. The van der Waals surface area contributed by atoms with Crippen molar-refractivity contribution in [3.05, 3.63) is 58.3 Å². The van der Waals surface area contributed by atoms with Gasteiger partial charge in [-0.15, -0.1) is 0 Å². The second-order valence-electron chi connectivity index (χ2n) is 4.94. The van der Waals surface area contributed by atoms with E-state index in [2.05, 4.69) is 9.84 Å². The Hall–Kier alpha value is -3.03. The summed E-state index contributed by atoms with van der Waals surface area (Å²) in [7, 11) is 2.66. The maximum Gasteiger partial charge on any atom is 0.307 e. The number of nitrogens with zero attached hydrogens (tertiary/aromatic N) is 3. The van der Waals surface area contributed by atoms with E-state index in [1.54, 1.807) is 6.07 Å². The van der Waals surface area contributed by atoms with Crippen LogP contribution in [-0.2, 0) is 16.6 Å². The lowest BCUT2D eigenvalue weighted by Crippen LogP contribution is -2.35. The highest BCUT2D eigenvalue weighted by atomic mass is 19.1. The average Bonchev–Trinajstić information content (AvgIpc) is 2.57. The van der Waals surface area contributed by atoms with Crippen LogP contribution in [0.5, 0.6) is 0 Å². The summed E-state index contributed by atoms with van der Waals surface area (Å²) in [4.78, 5) is 36.7. The first-order valence-electron chi connectivity index (χ1n) is 7.11. The maximum absolute atomic E-state index is 13.5. The van der Waals surface area contributed by atoms with Gasteiger partial charge in [-0.3, -0.25) is 14.4 Å². The number of halogens is 1. The van der Waals surface area contributed by atoms with Gasteiger partial charge >= 0.3 is 5.97 Å². The lowest BCUT2D eigenvalue weighted by atomic mass is 10.2. The van der Waals surface area contributed by atoms with Crippen LogP contribution in [0.3, 0.4) is 0 Å². The Morgan fingerprint density at radius 1 is 1.29 bits per heavy atom. The van der Waals surface area contributed by atoms with Gasteiger partial charge in [-0.25, -0.2) is 9.07 Å². The van der Waals surface area contributed by atoms with Crippen molar-refractivity contribution in [1.82, 2.24) is 9.78 Å². The molecule has 0 radical (unpaired) electrons. The normalized spacial score (nSPS) is 10.3. The third-order valence-corrected chi connectivity index (χ3v) is 3.31. The summed E-state index contributed by atoms with van der Waals surface area (Å²) in [6.07, 6.45) is -0.0650. The summed E-state index contributed by atoms with van der Waals surface area (Å²) >= 11 is 0. The molecule has 1 aromatic carbocycles. The van der Waals surface area contributed by atoms with Crippen molar-refractivity contribution in [2.24, 2.45) is 7.05 Å². The summed E-state index contributed by atoms with van der Waals surface area (Å²) in [6, 6.07) is 7.92. The Balaban J connectivity index is 2.36. The van der Waals surface area contributed by atoms with Crippen molar-refractivity contribution in [2.75, 3.05) is 18.6 Å². The number of amides is 1. The molecule has 0 aliphatic rings. The highest BCUT2D eigenvalue weighted by Crippen LogP contribution is 2.18. The van der Waals surface area contributed by atoms with Gasteiger partial charge in [0.05, 0.1) is 13.5 Å². The van der Waals surface area contributed by atoms with Crippen LogP contribution >= 0.6 is 0 Å². The Bertz CT molecular complexity index is 819. The minimum atomic E-state index is -0.555. The molecule has 0 saturated heterocycles. The number of hydrogen-bond acceptors (Lipinski definition) is 5. The summed E-state index contributed by atoms with van der Waals surface area (Å²) in [5.41, 5.74) is -0.0794. The van der Waals surface area contributed by atoms with Crippen LogP contribution in [0.2, 0.25) is 0 Å². The van der Waals surface area contributed by atoms with Gasteiger partial charge in [0, 0.05) is 25.3 Å². The number of ether oxygens (including phenoxy) is 1. The molecule has 1 heterocycles. The highest BCUT2D eigenvalue weighted by Gasteiger charge is 2.21. The van der Waals surface area contributed by atoms with E-state index in [0.717, 1.165) is 4.68 Å². The average molecular weight is 333 g/mol. The van der Waals surface area contributed by atoms with Crippen molar-refractivity contribution >= 4 is 17.6 Å². The van der Waals surface area contributed by atoms with Crippen LogP contribution in [-0.4, -0.2) is 35.3 Å². The van der Waals surface area contributed by atoms with E-state index in [1.165, 1.54) is 49.4 Å². The smallest absolute Gasteiger partial charge is 0.307 e. The number of benzene rings is 1. The molecule has 1 amide bonds. The molecule has 0 aliphatic heterocycles. The van der Waals surface area contributed by atoms with E-state index < -0.39 is 17.7 Å². The third-order valence-electron chi connectivity index (χ3n) is 3.31. The fourth-order valence-electron chi connectivity index (χ4n) is 2.05. The largest absolute Gasteiger partial charge is 0.469 e. The molecule has 0 bridgehead atoms. The lowest BCUT2D eigenvalue weighted by Gasteiger charge is -2.22. The second-order valence-corrected chi connectivity index (χ2v) is 4.94. The Morgan fingerprint density at radius 3 is 2.67 bits per heavy atom. The van der Waals surface area contributed by atoms with E-state index in [4.69, 9.17) is 0 Å². The van der Waals surface area contributed by atoms with Crippen molar-refractivity contribution in [2.45, 2.75) is 6.42 Å². The van der Waals surface area contributed by atoms with E-state index in [1.807, 2.05) is 0 Å². The van der Waals surface area contributed by atoms with Gasteiger partial charge in [0.2, 0.25) is 0 Å². The Morgan fingerprint density at radius 2 is 2.04 bits per heavy atom. The zero-order valence-corrected chi connectivity index (χ0v) is 13.2. The molecule has 0 N–H and O–H groups in total. The first-order valence-corrected chi connectivity index (χ1v) is 7.11. The molecule has 7 nitrogen and oxygen atoms in total. The number of esters is 1. The first kappa shape index (κ1) is 17.3. The van der Waals surface area contributed by atoms with Crippen LogP contribution in [0.4, 0.5) is 10.1 Å². The van der Waals surface area contributed by atoms with Crippen LogP contribution in [0, 0.1) is 5.82 Å². The van der Waals surface area contributed by atoms with Crippen LogP contribution in [0.1, 0.15) is 16.9 Å². The molecule has 0 fully saturated rings. The van der Waals surface area contributed by atoms with E-state index in [9.17, 15) is 18.8 Å². The van der Waals surface area contributed by atoms with Crippen molar-refractivity contribution in [3.8, 4) is 0 Å². The number of aryl methyl sites for hydroxylation is 1. The number of methoxy groups -OCH3 is 1. The number of rotatable bonds is 5. The minimum Gasteiger partial charge on any atom is -0.469 e. The molecule has 24 heavy (non-hydrogen) atoms. The lowest BCUT2D eigenvalue weighted by molar-refractivity contribution is -0.140. The van der Waals surface area contributed by atoms with Gasteiger partial charge in [-0.05, 0) is 24.3 Å². The molecule has 1 aromatic heterocycles. The van der Waals surface area contributed by atoms with Crippen LogP contribution < -0.4 is 10.5 Å². The molecule has 0 spiro atoms. The molecule has 8 heteroatoms. The van der Waals surface area contributed by atoms with Gasteiger partial charge in [-0.2, -0.15) is 5.10 Å². The SMILES string of the molecule is COC(=O)CCN(C(=O)c1ccc(=O)n(C)n1)c1cccc(F)c1. The van der Waals surface area contributed by atoms with Gasteiger partial charge in [0.25, 0.3) is 11.5 Å². The highest BCUT2D eigenvalue weighted by molar-refractivity contribution is 6.04. The Kier molecular flexibility index (Phi) is 5.41. The summed E-state index contributed by atoms with van der Waals surface area (Å²) in [5, 5.41) is 3.89. The Labute approximate surface area is 137 Å². The van der Waals surface area contributed by atoms with Gasteiger partial charge in [-0.1, -0.05) is 6.07 Å². The van der Waals surface area contributed by atoms with Gasteiger partial charge < -0.3 is 9.64 Å². The van der Waals surface area contributed by atoms with Gasteiger partial charge in [0.15, 0.2) is 0 Å². The van der Waals surface area contributed by atoms with Crippen molar-refractivity contribution in [1.29, 1.82) is 0 Å². The van der Waals surface area contributed by atoms with E-state index >= 15 is 0 Å². The minimum absolute atomic E-state index is 0.00577. The molecule has 126 valence electrons. The molecular formula is C16H16FN3O4.